The third kappa shape index (κ3) is 6.99. The van der Waals surface area contributed by atoms with Crippen LogP contribution in [0.5, 0.6) is 5.75 Å². The molecule has 2 N–H and O–H groups in total. The smallest absolute Gasteiger partial charge is 0.323 e. The molecule has 1 aliphatic heterocycles. The van der Waals surface area contributed by atoms with E-state index in [9.17, 15) is 14.0 Å². The van der Waals surface area contributed by atoms with E-state index in [4.69, 9.17) is 9.47 Å². The number of rotatable bonds is 5. The number of benzene rings is 2. The maximum atomic E-state index is 13.9. The molecular weight excluding hydrogens is 475 g/mol. The summed E-state index contributed by atoms with van der Waals surface area (Å²) in [6.07, 6.45) is 2.42. The first-order valence-electron chi connectivity index (χ1n) is 12.9. The largest absolute Gasteiger partial charge is 0.491 e. The molecule has 0 radical (unpaired) electrons. The van der Waals surface area contributed by atoms with Crippen LogP contribution in [0, 0.1) is 17.7 Å². The molecular formula is C28H37FN4O4. The lowest BCUT2D eigenvalue weighted by atomic mass is 10.0. The van der Waals surface area contributed by atoms with E-state index in [0.717, 1.165) is 19.0 Å². The SMILES string of the molecule is CO[C@@H]1CN(C)C(=O)c2cc(NC(=O)Nc3ccccc3F)ccc2OC[C@@H](C)N(CC2CC2)C[C@H]1C. The molecule has 3 amide bonds. The minimum absolute atomic E-state index is 0.0647. The van der Waals surface area contributed by atoms with Gasteiger partial charge in [0.25, 0.3) is 5.91 Å². The van der Waals surface area contributed by atoms with Crippen LogP contribution in [-0.4, -0.2) is 74.3 Å². The standard InChI is InChI=1S/C28H37FN4O4/c1-18-14-33(15-20-9-10-20)19(2)17-37-25-12-11-21(13-22(25)27(34)32(3)16-26(18)36-4)30-28(35)31-24-8-6-5-7-23(24)29/h5-8,11-13,18-20,26H,9-10,14-17H2,1-4H3,(H2,30,31,35)/t18-,19-,26-/m1/s1. The van der Waals surface area contributed by atoms with Crippen molar-refractivity contribution in [3.05, 3.63) is 53.8 Å². The van der Waals surface area contributed by atoms with Gasteiger partial charge in [-0.15, -0.1) is 0 Å². The summed E-state index contributed by atoms with van der Waals surface area (Å²) in [6.45, 7) is 7.07. The Hall–Kier alpha value is -3.17. The summed E-state index contributed by atoms with van der Waals surface area (Å²) in [4.78, 5) is 30.1. The highest BCUT2D eigenvalue weighted by Crippen LogP contribution is 2.32. The van der Waals surface area contributed by atoms with Crippen LogP contribution in [-0.2, 0) is 4.74 Å². The molecule has 4 rings (SSSR count). The summed E-state index contributed by atoms with van der Waals surface area (Å²) in [5.41, 5.74) is 0.801. The fourth-order valence-electron chi connectivity index (χ4n) is 4.66. The van der Waals surface area contributed by atoms with E-state index in [1.807, 2.05) is 0 Å². The van der Waals surface area contributed by atoms with Crippen molar-refractivity contribution in [1.82, 2.24) is 9.80 Å². The number of para-hydroxylation sites is 1. The van der Waals surface area contributed by atoms with Gasteiger partial charge in [-0.1, -0.05) is 19.1 Å². The normalized spacial score (nSPS) is 23.3. The summed E-state index contributed by atoms with van der Waals surface area (Å²) in [7, 11) is 3.43. The molecule has 0 spiro atoms. The molecule has 0 unspecified atom stereocenters. The van der Waals surface area contributed by atoms with E-state index in [0.29, 0.717) is 30.2 Å². The molecule has 37 heavy (non-hydrogen) atoms. The van der Waals surface area contributed by atoms with Crippen LogP contribution in [0.3, 0.4) is 0 Å². The Labute approximate surface area is 218 Å². The Morgan fingerprint density at radius 2 is 1.89 bits per heavy atom. The first kappa shape index (κ1) is 26.9. The number of methoxy groups -OCH3 is 1. The zero-order valence-electron chi connectivity index (χ0n) is 22.0. The van der Waals surface area contributed by atoms with E-state index in [1.165, 1.54) is 25.0 Å². The zero-order chi connectivity index (χ0) is 26.5. The van der Waals surface area contributed by atoms with E-state index < -0.39 is 11.8 Å². The minimum Gasteiger partial charge on any atom is -0.491 e. The molecule has 3 atom stereocenters. The molecule has 8 nitrogen and oxygen atoms in total. The number of likely N-dealkylation sites (N-methyl/N-ethyl adjacent to an activating group) is 1. The van der Waals surface area contributed by atoms with Gasteiger partial charge in [0.05, 0.1) is 17.4 Å². The van der Waals surface area contributed by atoms with Crippen molar-refractivity contribution in [2.45, 2.75) is 38.8 Å². The number of carbonyl (C=O) groups excluding carboxylic acids is 2. The van der Waals surface area contributed by atoms with Crippen LogP contribution in [0.2, 0.25) is 0 Å². The van der Waals surface area contributed by atoms with Gasteiger partial charge in [-0.05, 0) is 61.9 Å². The molecule has 0 bridgehead atoms. The number of nitrogens with zero attached hydrogens (tertiary/aromatic N) is 2. The van der Waals surface area contributed by atoms with E-state index in [1.54, 1.807) is 49.4 Å². The van der Waals surface area contributed by atoms with E-state index in [-0.39, 0.29) is 29.7 Å². The van der Waals surface area contributed by atoms with Crippen LogP contribution in [0.25, 0.3) is 0 Å². The van der Waals surface area contributed by atoms with Crippen LogP contribution in [0.1, 0.15) is 37.0 Å². The predicted molar refractivity (Wildman–Crippen MR) is 142 cm³/mol. The maximum Gasteiger partial charge on any atom is 0.323 e. The number of carbonyl (C=O) groups is 2. The van der Waals surface area contributed by atoms with Gasteiger partial charge < -0.3 is 25.0 Å². The van der Waals surface area contributed by atoms with Gasteiger partial charge in [0.2, 0.25) is 0 Å². The van der Waals surface area contributed by atoms with Crippen molar-refractivity contribution in [2.75, 3.05) is 51.0 Å². The quantitative estimate of drug-likeness (QED) is 0.608. The lowest BCUT2D eigenvalue weighted by Crippen LogP contribution is -2.47. The van der Waals surface area contributed by atoms with Crippen molar-refractivity contribution in [3.8, 4) is 5.75 Å². The third-order valence-corrected chi connectivity index (χ3v) is 7.14. The fraction of sp³-hybridized carbons (Fsp3) is 0.500. The van der Waals surface area contributed by atoms with Crippen LogP contribution < -0.4 is 15.4 Å². The number of hydrogen-bond donors (Lipinski definition) is 2. The number of hydrogen-bond acceptors (Lipinski definition) is 5. The molecule has 0 aromatic heterocycles. The Morgan fingerprint density at radius 1 is 1.14 bits per heavy atom. The van der Waals surface area contributed by atoms with Gasteiger partial charge in [-0.25, -0.2) is 9.18 Å². The highest BCUT2D eigenvalue weighted by Gasteiger charge is 2.31. The number of ether oxygens (including phenoxy) is 2. The molecule has 2 aromatic carbocycles. The second kappa shape index (κ2) is 11.9. The van der Waals surface area contributed by atoms with Gasteiger partial charge in [0.15, 0.2) is 0 Å². The van der Waals surface area contributed by atoms with Crippen molar-refractivity contribution >= 4 is 23.3 Å². The Morgan fingerprint density at radius 3 is 2.59 bits per heavy atom. The number of nitrogens with one attached hydrogen (secondary N) is 2. The summed E-state index contributed by atoms with van der Waals surface area (Å²) in [6, 6.07) is 10.4. The highest BCUT2D eigenvalue weighted by atomic mass is 19.1. The van der Waals surface area contributed by atoms with Crippen molar-refractivity contribution < 1.29 is 23.5 Å². The molecule has 1 saturated carbocycles. The summed E-state index contributed by atoms with van der Waals surface area (Å²) in [5.74, 6) is 0.648. The van der Waals surface area contributed by atoms with Gasteiger partial charge in [0, 0.05) is 45.5 Å². The third-order valence-electron chi connectivity index (χ3n) is 7.14. The molecule has 1 heterocycles. The van der Waals surface area contributed by atoms with E-state index >= 15 is 0 Å². The van der Waals surface area contributed by atoms with Gasteiger partial charge in [-0.2, -0.15) is 0 Å². The number of amides is 3. The minimum atomic E-state index is -0.613. The summed E-state index contributed by atoms with van der Waals surface area (Å²) in [5, 5.41) is 5.18. The van der Waals surface area contributed by atoms with Crippen molar-refractivity contribution in [1.29, 1.82) is 0 Å². The summed E-state index contributed by atoms with van der Waals surface area (Å²) < 4.78 is 25.9. The number of anilines is 2. The lowest BCUT2D eigenvalue weighted by molar-refractivity contribution is 0.00994. The first-order chi connectivity index (χ1) is 17.7. The lowest BCUT2D eigenvalue weighted by Gasteiger charge is -2.36. The van der Waals surface area contributed by atoms with Crippen LogP contribution >= 0.6 is 0 Å². The highest BCUT2D eigenvalue weighted by molar-refractivity contribution is 6.02. The number of halogens is 1. The van der Waals surface area contributed by atoms with Crippen molar-refractivity contribution in [2.24, 2.45) is 11.8 Å². The molecule has 9 heteroatoms. The average molecular weight is 513 g/mol. The Kier molecular flexibility index (Phi) is 8.66. The average Bonchev–Trinajstić information content (AvgIpc) is 3.70. The number of fused-ring (bicyclic) bond motifs is 1. The summed E-state index contributed by atoms with van der Waals surface area (Å²) >= 11 is 0. The maximum absolute atomic E-state index is 13.9. The Bertz CT molecular complexity index is 1110. The molecule has 2 aliphatic rings. The van der Waals surface area contributed by atoms with Crippen molar-refractivity contribution in [3.63, 3.8) is 0 Å². The van der Waals surface area contributed by atoms with Gasteiger partial charge >= 0.3 is 6.03 Å². The van der Waals surface area contributed by atoms with Gasteiger partial charge in [0.1, 0.15) is 18.2 Å². The van der Waals surface area contributed by atoms with Crippen LogP contribution in [0.15, 0.2) is 42.5 Å². The van der Waals surface area contributed by atoms with E-state index in [2.05, 4.69) is 29.4 Å². The topological polar surface area (TPSA) is 83.1 Å². The molecule has 2 aromatic rings. The molecule has 1 fully saturated rings. The second-order valence-electron chi connectivity index (χ2n) is 10.3. The monoisotopic (exact) mass is 512 g/mol. The Balaban J connectivity index is 1.56. The zero-order valence-corrected chi connectivity index (χ0v) is 22.0. The van der Waals surface area contributed by atoms with Crippen LogP contribution in [0.4, 0.5) is 20.6 Å². The second-order valence-corrected chi connectivity index (χ2v) is 10.3. The molecule has 1 aliphatic carbocycles. The fourth-order valence-corrected chi connectivity index (χ4v) is 4.66. The first-order valence-corrected chi connectivity index (χ1v) is 12.9. The molecule has 0 saturated heterocycles. The number of urea groups is 1. The molecule has 200 valence electrons. The van der Waals surface area contributed by atoms with Gasteiger partial charge in [-0.3, -0.25) is 9.69 Å². The predicted octanol–water partition coefficient (Wildman–Crippen LogP) is 4.69.